The second-order valence-electron chi connectivity index (χ2n) is 4.70. The number of carbonyl (C=O) groups excluding carboxylic acids is 1. The number of halogens is 1. The van der Waals surface area contributed by atoms with Gasteiger partial charge in [0.2, 0.25) is 5.91 Å². The summed E-state index contributed by atoms with van der Waals surface area (Å²) in [6.45, 7) is 0.797. The summed E-state index contributed by atoms with van der Waals surface area (Å²) < 4.78 is 1.80. The third-order valence-corrected chi connectivity index (χ3v) is 4.27. The monoisotopic (exact) mass is 319 g/mol. The minimum Gasteiger partial charge on any atom is -0.312 e. The quantitative estimate of drug-likeness (QED) is 0.816. The third-order valence-electron chi connectivity index (χ3n) is 3.35. The van der Waals surface area contributed by atoms with Crippen LogP contribution < -0.4 is 4.90 Å². The molecule has 2 aromatic rings. The normalized spacial score (nSPS) is 19.1. The first-order valence-electron chi connectivity index (χ1n) is 6.24. The summed E-state index contributed by atoms with van der Waals surface area (Å²) in [5.41, 5.74) is 1.96. The van der Waals surface area contributed by atoms with Gasteiger partial charge in [-0.2, -0.15) is 5.10 Å². The number of anilines is 1. The molecule has 0 saturated carbocycles. The third kappa shape index (κ3) is 2.42. The Kier molecular flexibility index (Phi) is 3.38. The summed E-state index contributed by atoms with van der Waals surface area (Å²) in [6.07, 6.45) is 4.28. The predicted molar refractivity (Wildman–Crippen MR) is 77.8 cm³/mol. The fraction of sp³-hybridized carbons (Fsp3) is 0.286. The second kappa shape index (κ2) is 5.17. The average Bonchev–Trinajstić information content (AvgIpc) is 3.08. The van der Waals surface area contributed by atoms with Crippen LogP contribution in [-0.4, -0.2) is 27.6 Å². The minimum absolute atomic E-state index is 0.205. The molecule has 1 unspecified atom stereocenters. The molecule has 5 heteroatoms. The molecular formula is C14H14BrN3O. The van der Waals surface area contributed by atoms with Crippen molar-refractivity contribution in [2.24, 2.45) is 5.92 Å². The fourth-order valence-corrected chi connectivity index (χ4v) is 2.77. The van der Waals surface area contributed by atoms with Crippen LogP contribution in [-0.2, 0) is 4.79 Å². The van der Waals surface area contributed by atoms with E-state index in [0.29, 0.717) is 12.3 Å². The molecule has 2 heterocycles. The molecule has 0 aliphatic carbocycles. The van der Waals surface area contributed by atoms with Gasteiger partial charge < -0.3 is 4.90 Å². The van der Waals surface area contributed by atoms with Gasteiger partial charge in [0.1, 0.15) is 0 Å². The number of alkyl halides is 1. The maximum absolute atomic E-state index is 11.9. The number of hydrogen-bond acceptors (Lipinski definition) is 2. The number of hydrogen-bond donors (Lipinski definition) is 0. The molecule has 1 aliphatic heterocycles. The Morgan fingerprint density at radius 1 is 1.26 bits per heavy atom. The molecule has 98 valence electrons. The van der Waals surface area contributed by atoms with Crippen molar-refractivity contribution < 1.29 is 4.79 Å². The summed E-state index contributed by atoms with van der Waals surface area (Å²) in [5.74, 6) is 0.620. The van der Waals surface area contributed by atoms with Crippen molar-refractivity contribution in [1.29, 1.82) is 0 Å². The molecule has 0 bridgehead atoms. The van der Waals surface area contributed by atoms with Gasteiger partial charge in [0.05, 0.1) is 5.69 Å². The van der Waals surface area contributed by atoms with Crippen molar-refractivity contribution in [2.45, 2.75) is 6.42 Å². The van der Waals surface area contributed by atoms with Crippen molar-refractivity contribution in [3.8, 4) is 5.69 Å². The van der Waals surface area contributed by atoms with E-state index in [9.17, 15) is 4.79 Å². The zero-order valence-electron chi connectivity index (χ0n) is 10.4. The number of carbonyl (C=O) groups is 1. The lowest BCUT2D eigenvalue weighted by molar-refractivity contribution is -0.117. The smallest absolute Gasteiger partial charge is 0.227 e. The molecule has 1 amide bonds. The van der Waals surface area contributed by atoms with Gasteiger partial charge in [0.15, 0.2) is 0 Å². The van der Waals surface area contributed by atoms with E-state index in [1.807, 2.05) is 41.4 Å². The highest BCUT2D eigenvalue weighted by molar-refractivity contribution is 9.09. The second-order valence-corrected chi connectivity index (χ2v) is 5.34. The Labute approximate surface area is 120 Å². The Bertz CT molecular complexity index is 565. The van der Waals surface area contributed by atoms with Crippen LogP contribution in [0.4, 0.5) is 5.69 Å². The fourth-order valence-electron chi connectivity index (χ4n) is 2.34. The maximum atomic E-state index is 11.9. The maximum Gasteiger partial charge on any atom is 0.227 e. The Hall–Kier alpha value is -1.62. The van der Waals surface area contributed by atoms with Gasteiger partial charge in [-0.1, -0.05) is 15.9 Å². The van der Waals surface area contributed by atoms with Crippen molar-refractivity contribution in [2.75, 3.05) is 16.8 Å². The lowest BCUT2D eigenvalue weighted by atomic mass is 10.2. The summed E-state index contributed by atoms with van der Waals surface area (Å²) in [6, 6.07) is 9.81. The molecule has 0 spiro atoms. The van der Waals surface area contributed by atoms with E-state index in [1.54, 1.807) is 10.9 Å². The molecule has 1 aromatic heterocycles. The molecule has 1 aromatic carbocycles. The van der Waals surface area contributed by atoms with Crippen LogP contribution in [0.2, 0.25) is 0 Å². The van der Waals surface area contributed by atoms with Crippen LogP contribution in [0.5, 0.6) is 0 Å². The molecule has 4 nitrogen and oxygen atoms in total. The number of rotatable bonds is 3. The van der Waals surface area contributed by atoms with Crippen LogP contribution in [0.3, 0.4) is 0 Å². The van der Waals surface area contributed by atoms with Crippen LogP contribution >= 0.6 is 15.9 Å². The summed E-state index contributed by atoms with van der Waals surface area (Å²) in [4.78, 5) is 13.8. The molecule has 0 N–H and O–H groups in total. The van der Waals surface area contributed by atoms with Gasteiger partial charge in [0.25, 0.3) is 0 Å². The van der Waals surface area contributed by atoms with Gasteiger partial charge in [-0.3, -0.25) is 4.79 Å². The first kappa shape index (κ1) is 12.4. The first-order valence-corrected chi connectivity index (χ1v) is 7.36. The lowest BCUT2D eigenvalue weighted by Gasteiger charge is -2.16. The summed E-state index contributed by atoms with van der Waals surface area (Å²) in [5, 5.41) is 5.06. The van der Waals surface area contributed by atoms with E-state index < -0.39 is 0 Å². The Morgan fingerprint density at radius 3 is 2.58 bits per heavy atom. The number of amides is 1. The molecular weight excluding hydrogens is 306 g/mol. The van der Waals surface area contributed by atoms with Gasteiger partial charge >= 0.3 is 0 Å². The van der Waals surface area contributed by atoms with E-state index in [-0.39, 0.29) is 5.91 Å². The number of benzene rings is 1. The van der Waals surface area contributed by atoms with Crippen LogP contribution in [0.25, 0.3) is 5.69 Å². The first-order chi connectivity index (χ1) is 9.28. The molecule has 19 heavy (non-hydrogen) atoms. The van der Waals surface area contributed by atoms with Crippen molar-refractivity contribution in [3.63, 3.8) is 0 Å². The SMILES string of the molecule is O=C1CC(CBr)CN1c1ccc(-n2cccn2)cc1. The molecule has 1 fully saturated rings. The predicted octanol–water partition coefficient (Wildman–Crippen LogP) is 2.62. The summed E-state index contributed by atoms with van der Waals surface area (Å²) in [7, 11) is 0. The van der Waals surface area contributed by atoms with E-state index in [0.717, 1.165) is 23.2 Å². The Morgan fingerprint density at radius 2 is 2.00 bits per heavy atom. The standard InChI is InChI=1S/C14H14BrN3O/c15-9-11-8-14(19)17(10-11)12-2-4-13(5-3-12)18-7-1-6-16-18/h1-7,11H,8-10H2. The molecule has 3 rings (SSSR count). The van der Waals surface area contributed by atoms with Crippen molar-refractivity contribution in [3.05, 3.63) is 42.7 Å². The molecule has 1 atom stereocenters. The highest BCUT2D eigenvalue weighted by Gasteiger charge is 2.29. The largest absolute Gasteiger partial charge is 0.312 e. The highest BCUT2D eigenvalue weighted by atomic mass is 79.9. The molecule has 1 saturated heterocycles. The van der Waals surface area contributed by atoms with Gasteiger partial charge in [0, 0.05) is 36.4 Å². The summed E-state index contributed by atoms with van der Waals surface area (Å²) >= 11 is 3.45. The lowest BCUT2D eigenvalue weighted by Crippen LogP contribution is -2.24. The molecule has 0 radical (unpaired) electrons. The van der Waals surface area contributed by atoms with Gasteiger partial charge in [-0.25, -0.2) is 4.68 Å². The van der Waals surface area contributed by atoms with Crippen LogP contribution in [0.15, 0.2) is 42.7 Å². The van der Waals surface area contributed by atoms with Crippen LogP contribution in [0, 0.1) is 5.92 Å². The zero-order valence-corrected chi connectivity index (χ0v) is 12.0. The van der Waals surface area contributed by atoms with E-state index in [1.165, 1.54) is 0 Å². The minimum atomic E-state index is 0.205. The highest BCUT2D eigenvalue weighted by Crippen LogP contribution is 2.26. The topological polar surface area (TPSA) is 38.1 Å². The zero-order chi connectivity index (χ0) is 13.2. The van der Waals surface area contributed by atoms with Gasteiger partial charge in [-0.05, 0) is 36.2 Å². The number of nitrogens with zero attached hydrogens (tertiary/aromatic N) is 3. The van der Waals surface area contributed by atoms with E-state index in [4.69, 9.17) is 0 Å². The number of aromatic nitrogens is 2. The van der Waals surface area contributed by atoms with Gasteiger partial charge in [-0.15, -0.1) is 0 Å². The molecule has 1 aliphatic rings. The van der Waals surface area contributed by atoms with E-state index in [2.05, 4.69) is 21.0 Å². The van der Waals surface area contributed by atoms with Crippen LogP contribution in [0.1, 0.15) is 6.42 Å². The van der Waals surface area contributed by atoms with E-state index >= 15 is 0 Å². The van der Waals surface area contributed by atoms with Crippen molar-refractivity contribution in [1.82, 2.24) is 9.78 Å². The Balaban J connectivity index is 1.81. The van der Waals surface area contributed by atoms with Crippen molar-refractivity contribution >= 4 is 27.5 Å². The average molecular weight is 320 g/mol.